The van der Waals surface area contributed by atoms with Gasteiger partial charge in [0.1, 0.15) is 5.75 Å². The zero-order valence-corrected chi connectivity index (χ0v) is 14.3. The second-order valence-corrected chi connectivity index (χ2v) is 5.64. The van der Waals surface area contributed by atoms with Crippen LogP contribution in [0.25, 0.3) is 0 Å². The van der Waals surface area contributed by atoms with E-state index in [1.54, 1.807) is 24.3 Å². The monoisotopic (exact) mass is 327 g/mol. The number of methoxy groups -OCH3 is 1. The predicted octanol–water partition coefficient (Wildman–Crippen LogP) is 3.42. The number of ether oxygens (including phenoxy) is 2. The molecule has 126 valence electrons. The molecule has 0 saturated heterocycles. The molecule has 5 heteroatoms. The van der Waals surface area contributed by atoms with Gasteiger partial charge in [0, 0.05) is 5.69 Å². The van der Waals surface area contributed by atoms with Gasteiger partial charge in [0.2, 0.25) is 0 Å². The third kappa shape index (κ3) is 4.35. The Morgan fingerprint density at radius 1 is 1.04 bits per heavy atom. The molecule has 1 amide bonds. The molecule has 2 aromatic carbocycles. The largest absolute Gasteiger partial charge is 0.483 e. The van der Waals surface area contributed by atoms with Crippen molar-refractivity contribution < 1.29 is 19.1 Å². The van der Waals surface area contributed by atoms with Gasteiger partial charge in [-0.1, -0.05) is 23.8 Å². The van der Waals surface area contributed by atoms with E-state index in [1.165, 1.54) is 7.11 Å². The van der Waals surface area contributed by atoms with Crippen molar-refractivity contribution in [3.63, 3.8) is 0 Å². The summed E-state index contributed by atoms with van der Waals surface area (Å²) in [7, 11) is 1.31. The molecule has 0 fully saturated rings. The number of esters is 1. The molecule has 2 aromatic rings. The molecule has 0 bridgehead atoms. The summed E-state index contributed by atoms with van der Waals surface area (Å²) in [5.74, 6) is -0.0243. The minimum atomic E-state index is -0.451. The summed E-state index contributed by atoms with van der Waals surface area (Å²) in [4.78, 5) is 23.6. The fourth-order valence-electron chi connectivity index (χ4n) is 2.57. The Bertz CT molecular complexity index is 745. The minimum Gasteiger partial charge on any atom is -0.483 e. The number of aryl methyl sites for hydroxylation is 3. The standard InChI is InChI=1S/C19H21NO4/c1-12-8-13(2)18(14(3)9-12)24-11-17(21)20-16-7-5-6-15(10-16)19(22)23-4/h5-10H,11H2,1-4H3,(H,20,21). The van der Waals surface area contributed by atoms with Crippen molar-refractivity contribution in [3.05, 3.63) is 58.7 Å². The van der Waals surface area contributed by atoms with Crippen molar-refractivity contribution in [2.24, 2.45) is 0 Å². The van der Waals surface area contributed by atoms with Crippen LogP contribution in [0.3, 0.4) is 0 Å². The van der Waals surface area contributed by atoms with Crippen molar-refractivity contribution in [1.82, 2.24) is 0 Å². The van der Waals surface area contributed by atoms with Crippen LogP contribution in [0.1, 0.15) is 27.0 Å². The van der Waals surface area contributed by atoms with Crippen molar-refractivity contribution in [2.75, 3.05) is 19.0 Å². The van der Waals surface area contributed by atoms with Gasteiger partial charge in [0.25, 0.3) is 5.91 Å². The van der Waals surface area contributed by atoms with E-state index < -0.39 is 5.97 Å². The molecule has 0 spiro atoms. The molecule has 0 aliphatic rings. The molecule has 0 unspecified atom stereocenters. The minimum absolute atomic E-state index is 0.104. The summed E-state index contributed by atoms with van der Waals surface area (Å²) in [5, 5.41) is 2.71. The summed E-state index contributed by atoms with van der Waals surface area (Å²) < 4.78 is 10.3. The molecular formula is C19H21NO4. The molecule has 24 heavy (non-hydrogen) atoms. The van der Waals surface area contributed by atoms with Crippen LogP contribution in [0.5, 0.6) is 5.75 Å². The van der Waals surface area contributed by atoms with E-state index in [0.717, 1.165) is 22.4 Å². The van der Waals surface area contributed by atoms with Crippen LogP contribution >= 0.6 is 0 Å². The molecule has 0 heterocycles. The van der Waals surface area contributed by atoms with Crippen LogP contribution in [0.4, 0.5) is 5.69 Å². The number of carbonyl (C=O) groups excluding carboxylic acids is 2. The van der Waals surface area contributed by atoms with Crippen LogP contribution in [0, 0.1) is 20.8 Å². The van der Waals surface area contributed by atoms with Gasteiger partial charge in [-0.25, -0.2) is 4.79 Å². The van der Waals surface area contributed by atoms with E-state index in [2.05, 4.69) is 10.1 Å². The Labute approximate surface area is 141 Å². The first-order valence-electron chi connectivity index (χ1n) is 7.59. The summed E-state index contributed by atoms with van der Waals surface area (Å²) in [6.45, 7) is 5.82. The first-order valence-corrected chi connectivity index (χ1v) is 7.59. The molecule has 5 nitrogen and oxygen atoms in total. The average Bonchev–Trinajstić information content (AvgIpc) is 2.53. The van der Waals surface area contributed by atoms with E-state index in [4.69, 9.17) is 4.74 Å². The number of rotatable bonds is 5. The second-order valence-electron chi connectivity index (χ2n) is 5.64. The Morgan fingerprint density at radius 3 is 2.33 bits per heavy atom. The van der Waals surface area contributed by atoms with E-state index in [9.17, 15) is 9.59 Å². The third-order valence-electron chi connectivity index (χ3n) is 3.52. The highest BCUT2D eigenvalue weighted by atomic mass is 16.5. The number of anilines is 1. The zero-order chi connectivity index (χ0) is 17.7. The third-order valence-corrected chi connectivity index (χ3v) is 3.52. The summed E-state index contributed by atoms with van der Waals surface area (Å²) in [6.07, 6.45) is 0. The average molecular weight is 327 g/mol. The molecule has 0 aromatic heterocycles. The van der Waals surface area contributed by atoms with Crippen LogP contribution in [-0.4, -0.2) is 25.6 Å². The lowest BCUT2D eigenvalue weighted by molar-refractivity contribution is -0.118. The quantitative estimate of drug-likeness (QED) is 0.855. The number of carbonyl (C=O) groups is 2. The highest BCUT2D eigenvalue weighted by Gasteiger charge is 2.10. The first kappa shape index (κ1) is 17.5. The molecule has 0 aliphatic carbocycles. The van der Waals surface area contributed by atoms with Gasteiger partial charge >= 0.3 is 5.97 Å². The highest BCUT2D eigenvalue weighted by Crippen LogP contribution is 2.24. The Kier molecular flexibility index (Phi) is 5.58. The van der Waals surface area contributed by atoms with Crippen molar-refractivity contribution >= 4 is 17.6 Å². The Morgan fingerprint density at radius 2 is 1.71 bits per heavy atom. The maximum absolute atomic E-state index is 12.1. The van der Waals surface area contributed by atoms with Crippen LogP contribution in [-0.2, 0) is 9.53 Å². The van der Waals surface area contributed by atoms with Crippen molar-refractivity contribution in [1.29, 1.82) is 0 Å². The first-order chi connectivity index (χ1) is 11.4. The summed E-state index contributed by atoms with van der Waals surface area (Å²) in [5.41, 5.74) is 4.03. The topological polar surface area (TPSA) is 64.6 Å². The molecule has 2 rings (SSSR count). The lowest BCUT2D eigenvalue weighted by Crippen LogP contribution is -2.21. The number of hydrogen-bond acceptors (Lipinski definition) is 4. The van der Waals surface area contributed by atoms with Crippen molar-refractivity contribution in [2.45, 2.75) is 20.8 Å². The molecule has 0 atom stereocenters. The number of hydrogen-bond donors (Lipinski definition) is 1. The SMILES string of the molecule is COC(=O)c1cccc(NC(=O)COc2c(C)cc(C)cc2C)c1. The Balaban J connectivity index is 2.01. The van der Waals surface area contributed by atoms with Crippen molar-refractivity contribution in [3.8, 4) is 5.75 Å². The fraction of sp³-hybridized carbons (Fsp3) is 0.263. The number of nitrogens with one attached hydrogen (secondary N) is 1. The molecule has 0 saturated carbocycles. The van der Waals surface area contributed by atoms with Gasteiger partial charge in [-0.05, 0) is 50.1 Å². The number of benzene rings is 2. The second kappa shape index (κ2) is 7.64. The van der Waals surface area contributed by atoms with E-state index in [1.807, 2.05) is 32.9 Å². The van der Waals surface area contributed by atoms with Gasteiger partial charge < -0.3 is 14.8 Å². The predicted molar refractivity (Wildman–Crippen MR) is 92.6 cm³/mol. The summed E-state index contributed by atoms with van der Waals surface area (Å²) >= 11 is 0. The molecule has 0 radical (unpaired) electrons. The zero-order valence-electron chi connectivity index (χ0n) is 14.3. The van der Waals surface area contributed by atoms with Crippen LogP contribution in [0.15, 0.2) is 36.4 Å². The lowest BCUT2D eigenvalue weighted by atomic mass is 10.1. The van der Waals surface area contributed by atoms with Gasteiger partial charge in [0.05, 0.1) is 12.7 Å². The van der Waals surface area contributed by atoms with Gasteiger partial charge in [-0.3, -0.25) is 4.79 Å². The molecular weight excluding hydrogens is 306 g/mol. The van der Waals surface area contributed by atoms with E-state index >= 15 is 0 Å². The number of amides is 1. The van der Waals surface area contributed by atoms with Crippen LogP contribution in [0.2, 0.25) is 0 Å². The van der Waals surface area contributed by atoms with Gasteiger partial charge in [0.15, 0.2) is 6.61 Å². The highest BCUT2D eigenvalue weighted by molar-refractivity contribution is 5.95. The maximum Gasteiger partial charge on any atom is 0.337 e. The summed E-state index contributed by atoms with van der Waals surface area (Å²) in [6, 6.07) is 10.6. The molecule has 1 N–H and O–H groups in total. The molecule has 0 aliphatic heterocycles. The van der Waals surface area contributed by atoms with Gasteiger partial charge in [-0.15, -0.1) is 0 Å². The Hall–Kier alpha value is -2.82. The van der Waals surface area contributed by atoms with Crippen LogP contribution < -0.4 is 10.1 Å². The van der Waals surface area contributed by atoms with Gasteiger partial charge in [-0.2, -0.15) is 0 Å². The van der Waals surface area contributed by atoms with E-state index in [-0.39, 0.29) is 12.5 Å². The normalized spacial score (nSPS) is 10.2. The maximum atomic E-state index is 12.1. The smallest absolute Gasteiger partial charge is 0.337 e. The van der Waals surface area contributed by atoms with E-state index in [0.29, 0.717) is 11.3 Å². The lowest BCUT2D eigenvalue weighted by Gasteiger charge is -2.13. The fourth-order valence-corrected chi connectivity index (χ4v) is 2.57.